The lowest BCUT2D eigenvalue weighted by molar-refractivity contribution is 0.103. The first-order valence-electron chi connectivity index (χ1n) is 7.48. The van der Waals surface area contributed by atoms with Gasteiger partial charge in [0.2, 0.25) is 0 Å². The van der Waals surface area contributed by atoms with Gasteiger partial charge in [-0.15, -0.1) is 11.3 Å². The van der Waals surface area contributed by atoms with Gasteiger partial charge in [-0.2, -0.15) is 0 Å². The van der Waals surface area contributed by atoms with Gasteiger partial charge in [0.1, 0.15) is 0 Å². The van der Waals surface area contributed by atoms with Crippen LogP contribution < -0.4 is 11.1 Å². The topological polar surface area (TPSA) is 55.1 Å². The van der Waals surface area contributed by atoms with E-state index in [4.69, 9.17) is 5.73 Å². The van der Waals surface area contributed by atoms with E-state index in [1.54, 1.807) is 11.3 Å². The summed E-state index contributed by atoms with van der Waals surface area (Å²) in [5.41, 5.74) is 9.95. The fraction of sp³-hybridized carbons (Fsp3) is 0.353. The van der Waals surface area contributed by atoms with Gasteiger partial charge in [0.25, 0.3) is 5.91 Å². The predicted molar refractivity (Wildman–Crippen MR) is 89.1 cm³/mol. The van der Waals surface area contributed by atoms with E-state index in [9.17, 15) is 4.79 Å². The number of nitrogens with two attached hydrogens (primary N) is 1. The fourth-order valence-corrected chi connectivity index (χ4v) is 3.94. The van der Waals surface area contributed by atoms with Crippen LogP contribution in [0.4, 0.5) is 11.4 Å². The number of rotatable bonds is 3. The highest BCUT2D eigenvalue weighted by atomic mass is 32.1. The third kappa shape index (κ3) is 2.95. The first kappa shape index (κ1) is 14.1. The van der Waals surface area contributed by atoms with Gasteiger partial charge in [0.05, 0.1) is 4.88 Å². The molecule has 3 N–H and O–H groups in total. The van der Waals surface area contributed by atoms with Crippen LogP contribution in [0.15, 0.2) is 24.3 Å². The van der Waals surface area contributed by atoms with Gasteiger partial charge in [-0.1, -0.05) is 13.0 Å². The van der Waals surface area contributed by atoms with Gasteiger partial charge >= 0.3 is 0 Å². The van der Waals surface area contributed by atoms with E-state index in [2.05, 4.69) is 18.3 Å². The highest BCUT2D eigenvalue weighted by Gasteiger charge is 2.17. The van der Waals surface area contributed by atoms with E-state index >= 15 is 0 Å². The maximum absolute atomic E-state index is 12.4. The maximum atomic E-state index is 12.4. The molecule has 0 bridgehead atoms. The number of benzene rings is 1. The van der Waals surface area contributed by atoms with Crippen molar-refractivity contribution in [3.8, 4) is 0 Å². The molecule has 1 aromatic heterocycles. The monoisotopic (exact) mass is 300 g/mol. The zero-order valence-corrected chi connectivity index (χ0v) is 13.1. The molecule has 2 aromatic rings. The van der Waals surface area contributed by atoms with Crippen LogP contribution >= 0.6 is 11.3 Å². The zero-order valence-electron chi connectivity index (χ0n) is 12.2. The van der Waals surface area contributed by atoms with Crippen molar-refractivity contribution in [2.75, 3.05) is 11.1 Å². The number of thiophene rings is 1. The molecule has 1 amide bonds. The van der Waals surface area contributed by atoms with Crippen LogP contribution in [0, 0.1) is 0 Å². The van der Waals surface area contributed by atoms with Crippen LogP contribution in [-0.4, -0.2) is 5.91 Å². The summed E-state index contributed by atoms with van der Waals surface area (Å²) in [6.07, 6.45) is 5.60. The van der Waals surface area contributed by atoms with Crippen molar-refractivity contribution in [2.24, 2.45) is 0 Å². The van der Waals surface area contributed by atoms with Gasteiger partial charge in [-0.05, 0) is 61.4 Å². The van der Waals surface area contributed by atoms with Crippen molar-refractivity contribution >= 4 is 28.6 Å². The summed E-state index contributed by atoms with van der Waals surface area (Å²) in [7, 11) is 0. The minimum Gasteiger partial charge on any atom is -0.398 e. The Kier molecular flexibility index (Phi) is 3.97. The molecule has 1 heterocycles. The second-order valence-electron chi connectivity index (χ2n) is 5.49. The summed E-state index contributed by atoms with van der Waals surface area (Å²) < 4.78 is 0. The molecule has 1 aliphatic rings. The molecule has 0 saturated carbocycles. The first-order chi connectivity index (χ1) is 10.2. The summed E-state index contributed by atoms with van der Waals surface area (Å²) in [4.78, 5) is 14.5. The van der Waals surface area contributed by atoms with Gasteiger partial charge in [0, 0.05) is 16.3 Å². The molecule has 1 aromatic carbocycles. The lowest BCUT2D eigenvalue weighted by atomic mass is 9.99. The quantitative estimate of drug-likeness (QED) is 0.841. The molecule has 4 heteroatoms. The standard InChI is InChI=1S/C17H20N2OS/c1-2-11-7-8-13(10-14(11)18)19-17(20)16-9-12-5-3-4-6-15(12)21-16/h7-10H,2-6,18H2,1H3,(H,19,20). The highest BCUT2D eigenvalue weighted by Crippen LogP contribution is 2.30. The third-order valence-corrected chi connectivity index (χ3v) is 5.24. The molecule has 0 fully saturated rings. The second-order valence-corrected chi connectivity index (χ2v) is 6.62. The van der Waals surface area contributed by atoms with Gasteiger partial charge < -0.3 is 11.1 Å². The molecule has 1 aliphatic carbocycles. The van der Waals surface area contributed by atoms with Crippen molar-refractivity contribution in [3.05, 3.63) is 45.1 Å². The van der Waals surface area contributed by atoms with Crippen molar-refractivity contribution in [3.63, 3.8) is 0 Å². The van der Waals surface area contributed by atoms with Crippen LogP contribution in [0.1, 0.15) is 45.4 Å². The molecule has 0 saturated heterocycles. The Morgan fingerprint density at radius 1 is 1.29 bits per heavy atom. The van der Waals surface area contributed by atoms with E-state index in [1.807, 2.05) is 18.2 Å². The minimum absolute atomic E-state index is 0.0296. The summed E-state index contributed by atoms with van der Waals surface area (Å²) in [5, 5.41) is 2.95. The molecule has 0 aliphatic heterocycles. The number of nitrogens with one attached hydrogen (secondary N) is 1. The molecule has 21 heavy (non-hydrogen) atoms. The Morgan fingerprint density at radius 2 is 2.10 bits per heavy atom. The summed E-state index contributed by atoms with van der Waals surface area (Å²) in [6.45, 7) is 2.07. The van der Waals surface area contributed by atoms with Gasteiger partial charge in [0.15, 0.2) is 0 Å². The van der Waals surface area contributed by atoms with Gasteiger partial charge in [-0.3, -0.25) is 4.79 Å². The van der Waals surface area contributed by atoms with Crippen molar-refractivity contribution in [1.29, 1.82) is 0 Å². The number of hydrogen-bond donors (Lipinski definition) is 2. The Labute approximate surface area is 129 Å². The Morgan fingerprint density at radius 3 is 2.81 bits per heavy atom. The maximum Gasteiger partial charge on any atom is 0.265 e. The molecule has 110 valence electrons. The number of nitrogen functional groups attached to an aromatic ring is 1. The van der Waals surface area contributed by atoms with E-state index in [1.165, 1.54) is 23.3 Å². The molecule has 3 nitrogen and oxygen atoms in total. The Hall–Kier alpha value is -1.81. The number of carbonyl (C=O) groups excluding carboxylic acids is 1. The minimum atomic E-state index is -0.0296. The van der Waals surface area contributed by atoms with Crippen LogP contribution in [0.5, 0.6) is 0 Å². The van der Waals surface area contributed by atoms with E-state index in [0.29, 0.717) is 0 Å². The third-order valence-electron chi connectivity index (χ3n) is 4.01. The SMILES string of the molecule is CCc1ccc(NC(=O)c2cc3c(s2)CCCC3)cc1N. The molecular formula is C17H20N2OS. The fourth-order valence-electron chi connectivity index (χ4n) is 2.79. The van der Waals surface area contributed by atoms with Gasteiger partial charge in [-0.25, -0.2) is 0 Å². The normalized spacial score (nSPS) is 13.8. The molecule has 0 unspecified atom stereocenters. The van der Waals surface area contributed by atoms with E-state index < -0.39 is 0 Å². The van der Waals surface area contributed by atoms with Crippen LogP contribution in [0.25, 0.3) is 0 Å². The highest BCUT2D eigenvalue weighted by molar-refractivity contribution is 7.14. The number of anilines is 2. The predicted octanol–water partition coefficient (Wildman–Crippen LogP) is 4.02. The van der Waals surface area contributed by atoms with Crippen molar-refractivity contribution in [1.82, 2.24) is 0 Å². The smallest absolute Gasteiger partial charge is 0.265 e. The lowest BCUT2D eigenvalue weighted by Crippen LogP contribution is -2.10. The van der Waals surface area contributed by atoms with Crippen LogP contribution in [0.3, 0.4) is 0 Å². The van der Waals surface area contributed by atoms with Crippen LogP contribution in [0.2, 0.25) is 0 Å². The number of fused-ring (bicyclic) bond motifs is 1. The average Bonchev–Trinajstić information content (AvgIpc) is 2.91. The summed E-state index contributed by atoms with van der Waals surface area (Å²) >= 11 is 1.63. The summed E-state index contributed by atoms with van der Waals surface area (Å²) in [5.74, 6) is -0.0296. The molecule has 0 spiro atoms. The zero-order chi connectivity index (χ0) is 14.8. The number of hydrogen-bond acceptors (Lipinski definition) is 3. The Balaban J connectivity index is 1.77. The average molecular weight is 300 g/mol. The second kappa shape index (κ2) is 5.90. The van der Waals surface area contributed by atoms with E-state index in [-0.39, 0.29) is 5.91 Å². The number of amides is 1. The van der Waals surface area contributed by atoms with E-state index in [0.717, 1.165) is 41.1 Å². The molecular weight excluding hydrogens is 280 g/mol. The first-order valence-corrected chi connectivity index (χ1v) is 8.30. The Bertz CT molecular complexity index is 652. The molecule has 0 atom stereocenters. The lowest BCUT2D eigenvalue weighted by Gasteiger charge is -2.08. The largest absolute Gasteiger partial charge is 0.398 e. The molecule has 3 rings (SSSR count). The van der Waals surface area contributed by atoms with Crippen molar-refractivity contribution < 1.29 is 4.79 Å². The molecule has 0 radical (unpaired) electrons. The summed E-state index contributed by atoms with van der Waals surface area (Å²) in [6, 6.07) is 7.79. The van der Waals surface area contributed by atoms with Crippen LogP contribution in [-0.2, 0) is 19.3 Å². The number of carbonyl (C=O) groups is 1. The van der Waals surface area contributed by atoms with Crippen molar-refractivity contribution in [2.45, 2.75) is 39.0 Å². The number of aryl methyl sites for hydroxylation is 3.